The van der Waals surface area contributed by atoms with Gasteiger partial charge in [0.05, 0.1) is 22.4 Å². The lowest BCUT2D eigenvalue weighted by Gasteiger charge is -2.21. The summed E-state index contributed by atoms with van der Waals surface area (Å²) in [5, 5.41) is 3.03. The number of nitrogens with zero attached hydrogens (tertiary/aromatic N) is 1. The zero-order valence-corrected chi connectivity index (χ0v) is 16.4. The molecular formula is C17H21N3O5S2. The fraction of sp³-hybridized carbons (Fsp3) is 0.471. The molecule has 1 fully saturated rings. The number of hydrogen-bond donors (Lipinski definition) is 2. The van der Waals surface area contributed by atoms with E-state index >= 15 is 0 Å². The number of fused-ring (bicyclic) bond motifs is 1. The monoisotopic (exact) mass is 411 g/mol. The third kappa shape index (κ3) is 4.27. The highest BCUT2D eigenvalue weighted by Gasteiger charge is 2.32. The molecule has 0 bridgehead atoms. The zero-order chi connectivity index (χ0) is 19.6. The summed E-state index contributed by atoms with van der Waals surface area (Å²) in [5.74, 6) is -0.0188. The van der Waals surface area contributed by atoms with Crippen molar-refractivity contribution < 1.29 is 13.2 Å². The minimum absolute atomic E-state index is 0.0317. The maximum Gasteiger partial charge on any atom is 0.329 e. The molecule has 10 heteroatoms. The van der Waals surface area contributed by atoms with E-state index in [9.17, 15) is 22.8 Å². The number of aromatic nitrogens is 2. The van der Waals surface area contributed by atoms with Gasteiger partial charge in [0.15, 0.2) is 9.84 Å². The fourth-order valence-electron chi connectivity index (χ4n) is 3.27. The van der Waals surface area contributed by atoms with Crippen LogP contribution in [0.15, 0.2) is 33.9 Å². The molecule has 1 aromatic heterocycles. The maximum atomic E-state index is 12.9. The number of rotatable bonds is 6. The Labute approximate surface area is 160 Å². The first-order valence-corrected chi connectivity index (χ1v) is 11.8. The molecule has 0 saturated carbocycles. The minimum Gasteiger partial charge on any atom is -0.351 e. The molecule has 2 atom stereocenters. The van der Waals surface area contributed by atoms with Crippen LogP contribution < -0.4 is 16.6 Å². The third-order valence-electron chi connectivity index (χ3n) is 4.63. The molecule has 1 unspecified atom stereocenters. The normalized spacial score (nSPS) is 19.8. The van der Waals surface area contributed by atoms with Gasteiger partial charge in [0, 0.05) is 6.04 Å². The third-order valence-corrected chi connectivity index (χ3v) is 7.04. The van der Waals surface area contributed by atoms with Crippen molar-refractivity contribution in [3.63, 3.8) is 0 Å². The largest absolute Gasteiger partial charge is 0.351 e. The Kier molecular flexibility index (Phi) is 5.75. The number of hydrogen-bond acceptors (Lipinski definition) is 6. The number of benzene rings is 1. The molecule has 0 aliphatic carbocycles. The number of sulfone groups is 1. The molecule has 0 radical (unpaired) electrons. The number of nitrogens with one attached hydrogen (secondary N) is 2. The predicted molar refractivity (Wildman–Crippen MR) is 106 cm³/mol. The van der Waals surface area contributed by atoms with Gasteiger partial charge in [-0.3, -0.25) is 9.59 Å². The molecule has 3 rings (SSSR count). The summed E-state index contributed by atoms with van der Waals surface area (Å²) in [6, 6.07) is 5.13. The molecule has 2 N–H and O–H groups in total. The van der Waals surface area contributed by atoms with Crippen LogP contribution in [-0.4, -0.2) is 53.4 Å². The SMILES string of the molecule is CSCC[C@@H](C(=O)NC1CCS(=O)(=O)C1)n1c(=O)[nH]c2ccccc2c1=O. The molecular weight excluding hydrogens is 390 g/mol. The van der Waals surface area contributed by atoms with E-state index in [4.69, 9.17) is 0 Å². The lowest BCUT2D eigenvalue weighted by atomic mass is 10.1. The molecule has 1 aliphatic heterocycles. The van der Waals surface area contributed by atoms with Crippen molar-refractivity contribution in [3.05, 3.63) is 45.1 Å². The van der Waals surface area contributed by atoms with E-state index < -0.39 is 39.1 Å². The molecule has 27 heavy (non-hydrogen) atoms. The van der Waals surface area contributed by atoms with Gasteiger partial charge >= 0.3 is 5.69 Å². The van der Waals surface area contributed by atoms with E-state index in [0.29, 0.717) is 23.1 Å². The standard InChI is InChI=1S/C17H21N3O5S2/c1-26-8-6-14(15(21)18-11-7-9-27(24,25)10-11)20-16(22)12-4-2-3-5-13(12)19-17(20)23/h2-5,11,14H,6-10H2,1H3,(H,18,21)(H,19,23)/t11?,14-/m0/s1. The maximum absolute atomic E-state index is 12.9. The van der Waals surface area contributed by atoms with Crippen LogP contribution >= 0.6 is 11.8 Å². The average molecular weight is 412 g/mol. The highest BCUT2D eigenvalue weighted by molar-refractivity contribution is 7.98. The number of H-pyrrole nitrogens is 1. The van der Waals surface area contributed by atoms with Crippen molar-refractivity contribution in [2.24, 2.45) is 0 Å². The Morgan fingerprint density at radius 3 is 2.78 bits per heavy atom. The molecule has 1 saturated heterocycles. The lowest BCUT2D eigenvalue weighted by molar-refractivity contribution is -0.125. The van der Waals surface area contributed by atoms with Gasteiger partial charge < -0.3 is 10.3 Å². The predicted octanol–water partition coefficient (Wildman–Crippen LogP) is 0.287. The second kappa shape index (κ2) is 7.89. The average Bonchev–Trinajstić information content (AvgIpc) is 2.96. The van der Waals surface area contributed by atoms with E-state index in [1.165, 1.54) is 11.8 Å². The Balaban J connectivity index is 1.97. The molecule has 2 aromatic rings. The Morgan fingerprint density at radius 1 is 1.37 bits per heavy atom. The quantitative estimate of drug-likeness (QED) is 0.705. The van der Waals surface area contributed by atoms with Gasteiger partial charge in [-0.1, -0.05) is 12.1 Å². The van der Waals surface area contributed by atoms with Gasteiger partial charge in [-0.2, -0.15) is 11.8 Å². The van der Waals surface area contributed by atoms with Gasteiger partial charge in [0.2, 0.25) is 5.91 Å². The summed E-state index contributed by atoms with van der Waals surface area (Å²) in [6.45, 7) is 0. The fourth-order valence-corrected chi connectivity index (χ4v) is 5.40. The molecule has 1 amide bonds. The van der Waals surface area contributed by atoms with Crippen LogP contribution in [0.25, 0.3) is 10.9 Å². The smallest absolute Gasteiger partial charge is 0.329 e. The van der Waals surface area contributed by atoms with Gasteiger partial charge in [-0.15, -0.1) is 0 Å². The van der Waals surface area contributed by atoms with Gasteiger partial charge in [0.1, 0.15) is 6.04 Å². The van der Waals surface area contributed by atoms with E-state index in [1.807, 2.05) is 6.26 Å². The van der Waals surface area contributed by atoms with Gasteiger partial charge in [0.25, 0.3) is 5.56 Å². The summed E-state index contributed by atoms with van der Waals surface area (Å²) < 4.78 is 24.2. The van der Waals surface area contributed by atoms with E-state index in [1.54, 1.807) is 24.3 Å². The number of carbonyl (C=O) groups is 1. The van der Waals surface area contributed by atoms with Crippen LogP contribution in [0.2, 0.25) is 0 Å². The minimum atomic E-state index is -3.15. The Bertz CT molecular complexity index is 1070. The van der Waals surface area contributed by atoms with Gasteiger partial charge in [-0.05, 0) is 37.0 Å². The summed E-state index contributed by atoms with van der Waals surface area (Å²) in [7, 11) is -3.15. The summed E-state index contributed by atoms with van der Waals surface area (Å²) >= 11 is 1.50. The van der Waals surface area contributed by atoms with Gasteiger partial charge in [-0.25, -0.2) is 17.8 Å². The van der Waals surface area contributed by atoms with Crippen molar-refractivity contribution >= 4 is 38.4 Å². The first-order chi connectivity index (χ1) is 12.8. The van der Waals surface area contributed by atoms with Crippen LogP contribution in [0, 0.1) is 0 Å². The second-order valence-corrected chi connectivity index (χ2v) is 9.77. The van der Waals surface area contributed by atoms with Crippen LogP contribution in [0.4, 0.5) is 0 Å². The van der Waals surface area contributed by atoms with Crippen LogP contribution in [0.3, 0.4) is 0 Å². The van der Waals surface area contributed by atoms with Crippen molar-refractivity contribution in [2.45, 2.75) is 24.9 Å². The molecule has 1 aromatic carbocycles. The number of thioether (sulfide) groups is 1. The Hall–Kier alpha value is -2.07. The number of para-hydroxylation sites is 1. The van der Waals surface area contributed by atoms with E-state index in [0.717, 1.165) is 4.57 Å². The summed E-state index contributed by atoms with van der Waals surface area (Å²) in [5.41, 5.74) is -0.775. The number of amides is 1. The topological polar surface area (TPSA) is 118 Å². The highest BCUT2D eigenvalue weighted by Crippen LogP contribution is 2.16. The first kappa shape index (κ1) is 19.7. The summed E-state index contributed by atoms with van der Waals surface area (Å²) in [6.07, 6.45) is 2.49. The molecule has 1 aliphatic rings. The first-order valence-electron chi connectivity index (χ1n) is 8.55. The van der Waals surface area contributed by atoms with Crippen molar-refractivity contribution in [1.82, 2.24) is 14.9 Å². The molecule has 8 nitrogen and oxygen atoms in total. The van der Waals surface area contributed by atoms with Crippen molar-refractivity contribution in [3.8, 4) is 0 Å². The van der Waals surface area contributed by atoms with Crippen molar-refractivity contribution in [2.75, 3.05) is 23.5 Å². The zero-order valence-electron chi connectivity index (χ0n) is 14.8. The number of aromatic amines is 1. The van der Waals surface area contributed by atoms with Crippen molar-refractivity contribution in [1.29, 1.82) is 0 Å². The summed E-state index contributed by atoms with van der Waals surface area (Å²) in [4.78, 5) is 40.9. The van der Waals surface area contributed by atoms with Crippen LogP contribution in [0.1, 0.15) is 18.9 Å². The molecule has 2 heterocycles. The van der Waals surface area contributed by atoms with Crippen LogP contribution in [-0.2, 0) is 14.6 Å². The Morgan fingerprint density at radius 2 is 2.11 bits per heavy atom. The van der Waals surface area contributed by atoms with Crippen LogP contribution in [0.5, 0.6) is 0 Å². The molecule has 146 valence electrons. The van der Waals surface area contributed by atoms with E-state index in [-0.39, 0.29) is 17.9 Å². The lowest BCUT2D eigenvalue weighted by Crippen LogP contribution is -2.47. The second-order valence-electron chi connectivity index (χ2n) is 6.56. The van der Waals surface area contributed by atoms with E-state index in [2.05, 4.69) is 10.3 Å². The molecule has 0 spiro atoms. The number of carbonyl (C=O) groups excluding carboxylic acids is 1. The highest BCUT2D eigenvalue weighted by atomic mass is 32.2.